The molecule has 0 atom stereocenters. The van der Waals surface area contributed by atoms with Gasteiger partial charge >= 0.3 is 0 Å². The van der Waals surface area contributed by atoms with Gasteiger partial charge in [-0.2, -0.15) is 0 Å². The maximum Gasteiger partial charge on any atom is -0.0448 e. The highest BCUT2D eigenvalue weighted by atomic mass is 14.0. The molecule has 0 heteroatoms. The lowest BCUT2D eigenvalue weighted by Crippen LogP contribution is -1.82. The predicted molar refractivity (Wildman–Crippen MR) is 86.7 cm³/mol. The van der Waals surface area contributed by atoms with Crippen molar-refractivity contribution in [3.63, 3.8) is 0 Å². The summed E-state index contributed by atoms with van der Waals surface area (Å²) in [6.45, 7) is 10.2. The quantitative estimate of drug-likeness (QED) is 0.325. The van der Waals surface area contributed by atoms with Crippen molar-refractivity contribution >= 4 is 0 Å². The third-order valence-electron chi connectivity index (χ3n) is 3.10. The Hall–Kier alpha value is 0. The van der Waals surface area contributed by atoms with Crippen LogP contribution >= 0.6 is 0 Å². The smallest absolute Gasteiger partial charge is 0.0448 e. The zero-order valence-electron chi connectivity index (χ0n) is 13.5. The van der Waals surface area contributed by atoms with E-state index in [1.165, 1.54) is 77.0 Å². The molecule has 0 aromatic carbocycles. The van der Waals surface area contributed by atoms with E-state index < -0.39 is 0 Å². The molecular weight excluding hydrogens is 216 g/mol. The summed E-state index contributed by atoms with van der Waals surface area (Å²) in [5.74, 6) is 0. The fourth-order valence-corrected chi connectivity index (χ4v) is 2.02. The lowest BCUT2D eigenvalue weighted by atomic mass is 10.1. The summed E-state index contributed by atoms with van der Waals surface area (Å²) in [6.07, 6.45) is 20.3. The van der Waals surface area contributed by atoms with Gasteiger partial charge in [-0.05, 0) is 6.42 Å². The van der Waals surface area contributed by atoms with Gasteiger partial charge in [-0.15, -0.1) is 0 Å². The van der Waals surface area contributed by atoms with E-state index in [-0.39, 0.29) is 0 Å². The second-order valence-electron chi connectivity index (χ2n) is 5.32. The average Bonchev–Trinajstić information content (AvgIpc) is 2.37. The van der Waals surface area contributed by atoms with Crippen LogP contribution in [0.1, 0.15) is 104 Å². The minimum Gasteiger partial charge on any atom is -0.0654 e. The molecule has 0 saturated carbocycles. The van der Waals surface area contributed by atoms with Crippen molar-refractivity contribution in [3.05, 3.63) is 13.3 Å². The van der Waals surface area contributed by atoms with Crippen LogP contribution in [0.25, 0.3) is 0 Å². The first-order chi connectivity index (χ1) is 8.83. The molecule has 0 N–H and O–H groups in total. The van der Waals surface area contributed by atoms with Crippen LogP contribution in [0, 0.1) is 13.3 Å². The summed E-state index contributed by atoms with van der Waals surface area (Å²) in [4.78, 5) is 0. The van der Waals surface area contributed by atoms with Crippen molar-refractivity contribution in [1.29, 1.82) is 0 Å². The molecule has 0 nitrogen and oxygen atoms in total. The van der Waals surface area contributed by atoms with Gasteiger partial charge in [-0.1, -0.05) is 111 Å². The molecule has 0 amide bonds. The molecule has 0 bridgehead atoms. The molecule has 110 valence electrons. The van der Waals surface area contributed by atoms with Crippen molar-refractivity contribution < 1.29 is 0 Å². The minimum absolute atomic E-state index is 1.12. The Morgan fingerprint density at radius 3 is 1.17 bits per heavy atom. The summed E-state index contributed by atoms with van der Waals surface area (Å²) in [7, 11) is 0. The minimum atomic E-state index is 1.12. The second kappa shape index (κ2) is 22.2. The van der Waals surface area contributed by atoms with E-state index >= 15 is 0 Å². The van der Waals surface area contributed by atoms with Crippen molar-refractivity contribution in [2.75, 3.05) is 0 Å². The molecule has 2 radical (unpaired) electrons. The van der Waals surface area contributed by atoms with E-state index in [9.17, 15) is 0 Å². The Morgan fingerprint density at radius 1 is 0.611 bits per heavy atom. The van der Waals surface area contributed by atoms with Gasteiger partial charge in [0.15, 0.2) is 0 Å². The van der Waals surface area contributed by atoms with Crippen LogP contribution < -0.4 is 0 Å². The number of unbranched alkanes of at least 4 members (excludes halogenated alkanes) is 12. The Balaban J connectivity index is 0. The highest BCUT2D eigenvalue weighted by Crippen LogP contribution is 2.12. The van der Waals surface area contributed by atoms with Crippen LogP contribution in [0.3, 0.4) is 0 Å². The maximum atomic E-state index is 3.87. The van der Waals surface area contributed by atoms with E-state index in [1.54, 1.807) is 0 Å². The summed E-state index contributed by atoms with van der Waals surface area (Å²) in [5, 5.41) is 0. The molecule has 0 aromatic heterocycles. The van der Waals surface area contributed by atoms with E-state index in [4.69, 9.17) is 0 Å². The van der Waals surface area contributed by atoms with Crippen molar-refractivity contribution in [1.82, 2.24) is 0 Å². The fraction of sp³-hybridized carbons (Fsp3) is 0.889. The summed E-state index contributed by atoms with van der Waals surface area (Å²) < 4.78 is 0. The summed E-state index contributed by atoms with van der Waals surface area (Å²) >= 11 is 0. The van der Waals surface area contributed by atoms with E-state index in [0.717, 1.165) is 6.42 Å². The van der Waals surface area contributed by atoms with Gasteiger partial charge in [-0.25, -0.2) is 0 Å². The van der Waals surface area contributed by atoms with Crippen LogP contribution in [0.4, 0.5) is 0 Å². The molecule has 18 heavy (non-hydrogen) atoms. The topological polar surface area (TPSA) is 0 Å². The number of rotatable bonds is 12. The molecule has 0 heterocycles. The molecule has 0 saturated heterocycles. The van der Waals surface area contributed by atoms with Gasteiger partial charge in [0.2, 0.25) is 0 Å². The van der Waals surface area contributed by atoms with Gasteiger partial charge in [0.05, 0.1) is 0 Å². The first-order valence-electron chi connectivity index (χ1n) is 8.36. The standard InChI is InChI=1S/C15H31.C3H7/c1-3-5-7-9-11-13-15-14-12-10-8-6-4-2;1-3-2/h1,3-15H2,2H3;3H,1-2H3. The molecule has 0 unspecified atom stereocenters. The van der Waals surface area contributed by atoms with Gasteiger partial charge in [0.25, 0.3) is 0 Å². The first-order valence-corrected chi connectivity index (χ1v) is 8.36. The third kappa shape index (κ3) is 25.0. The van der Waals surface area contributed by atoms with Crippen LogP contribution in [0.15, 0.2) is 0 Å². The normalized spacial score (nSPS) is 10.0. The highest BCUT2D eigenvalue weighted by Gasteiger charge is 1.92. The Bertz CT molecular complexity index is 94.6. The van der Waals surface area contributed by atoms with Crippen LogP contribution in [-0.2, 0) is 0 Å². The van der Waals surface area contributed by atoms with Gasteiger partial charge < -0.3 is 0 Å². The lowest BCUT2D eigenvalue weighted by Gasteiger charge is -2.01. The van der Waals surface area contributed by atoms with Crippen molar-refractivity contribution in [2.45, 2.75) is 104 Å². The third-order valence-corrected chi connectivity index (χ3v) is 3.10. The van der Waals surface area contributed by atoms with Gasteiger partial charge in [-0.3, -0.25) is 0 Å². The highest BCUT2D eigenvalue weighted by molar-refractivity contribution is 4.49. The molecule has 0 aliphatic rings. The lowest BCUT2D eigenvalue weighted by molar-refractivity contribution is 0.545. The van der Waals surface area contributed by atoms with E-state index in [1.807, 2.05) is 20.3 Å². The molecule has 0 spiro atoms. The van der Waals surface area contributed by atoms with Crippen LogP contribution in [-0.4, -0.2) is 0 Å². The Labute approximate surface area is 118 Å². The molecular formula is C18H38. The van der Waals surface area contributed by atoms with Gasteiger partial charge in [0.1, 0.15) is 0 Å². The molecule has 0 aromatic rings. The molecule has 0 aliphatic heterocycles. The fourth-order valence-electron chi connectivity index (χ4n) is 2.02. The van der Waals surface area contributed by atoms with Crippen LogP contribution in [0.5, 0.6) is 0 Å². The van der Waals surface area contributed by atoms with Crippen LogP contribution in [0.2, 0.25) is 0 Å². The van der Waals surface area contributed by atoms with E-state index in [2.05, 4.69) is 13.8 Å². The summed E-state index contributed by atoms with van der Waals surface area (Å²) in [6, 6.07) is 0. The van der Waals surface area contributed by atoms with Crippen molar-refractivity contribution in [2.24, 2.45) is 0 Å². The predicted octanol–water partition coefficient (Wildman–Crippen LogP) is 7.14. The summed E-state index contributed by atoms with van der Waals surface area (Å²) in [5.41, 5.74) is 0. The maximum absolute atomic E-state index is 3.87. The first kappa shape index (κ1) is 20.3. The van der Waals surface area contributed by atoms with Gasteiger partial charge in [0, 0.05) is 0 Å². The van der Waals surface area contributed by atoms with E-state index in [0.29, 0.717) is 0 Å². The average molecular weight is 255 g/mol. The zero-order chi connectivity index (χ0) is 13.9. The number of hydrogen-bond acceptors (Lipinski definition) is 0. The second-order valence-corrected chi connectivity index (χ2v) is 5.32. The largest absolute Gasteiger partial charge is 0.0654 e. The Kier molecular flexibility index (Phi) is 25.1. The SMILES string of the molecule is C[CH]C.[CH2]CCCCCCCCCCCCCC. The molecule has 0 rings (SSSR count). The molecule has 0 fully saturated rings. The Morgan fingerprint density at radius 2 is 0.889 bits per heavy atom. The van der Waals surface area contributed by atoms with Crippen molar-refractivity contribution in [3.8, 4) is 0 Å². The number of hydrogen-bond donors (Lipinski definition) is 0. The molecule has 0 aliphatic carbocycles. The zero-order valence-corrected chi connectivity index (χ0v) is 13.5. The monoisotopic (exact) mass is 254 g/mol.